The Kier molecular flexibility index (Phi) is 7.19. The largest absolute Gasteiger partial charge is 0.383 e. The van der Waals surface area contributed by atoms with Gasteiger partial charge in [-0.1, -0.05) is 68.5 Å². The van der Waals surface area contributed by atoms with Crippen molar-refractivity contribution in [1.29, 1.82) is 0 Å². The molecular formula is C25H27ClN6O. The third kappa shape index (κ3) is 5.14. The zero-order valence-corrected chi connectivity index (χ0v) is 19.3. The van der Waals surface area contributed by atoms with Gasteiger partial charge < -0.3 is 11.1 Å². The van der Waals surface area contributed by atoms with Gasteiger partial charge in [-0.05, 0) is 36.2 Å². The van der Waals surface area contributed by atoms with E-state index in [4.69, 9.17) is 27.3 Å². The number of anilines is 1. The molecule has 0 radical (unpaired) electrons. The van der Waals surface area contributed by atoms with E-state index in [-0.39, 0.29) is 11.7 Å². The topological polar surface area (TPSA) is 98.2 Å². The predicted octanol–water partition coefficient (Wildman–Crippen LogP) is 5.40. The van der Waals surface area contributed by atoms with Gasteiger partial charge in [0.15, 0.2) is 5.65 Å². The number of amides is 1. The van der Waals surface area contributed by atoms with Gasteiger partial charge in [-0.15, -0.1) is 0 Å². The molecule has 0 aliphatic rings. The van der Waals surface area contributed by atoms with Gasteiger partial charge in [0.05, 0.1) is 17.2 Å². The lowest BCUT2D eigenvalue weighted by atomic mass is 10.1. The second-order valence-corrected chi connectivity index (χ2v) is 8.36. The molecule has 0 aliphatic heterocycles. The van der Waals surface area contributed by atoms with Crippen LogP contribution in [0.1, 0.15) is 54.9 Å². The highest BCUT2D eigenvalue weighted by atomic mass is 35.5. The number of nitrogen functional groups attached to an aromatic ring is 1. The quantitative estimate of drug-likeness (QED) is 0.257. The van der Waals surface area contributed by atoms with E-state index in [9.17, 15) is 4.79 Å². The van der Waals surface area contributed by atoms with E-state index in [0.29, 0.717) is 39.3 Å². The first-order valence-corrected chi connectivity index (χ1v) is 11.6. The minimum Gasteiger partial charge on any atom is -0.383 e. The molecule has 1 amide bonds. The molecule has 0 atom stereocenters. The molecule has 33 heavy (non-hydrogen) atoms. The maximum Gasteiger partial charge on any atom is 0.257 e. The van der Waals surface area contributed by atoms with Gasteiger partial charge in [0.1, 0.15) is 16.9 Å². The lowest BCUT2D eigenvalue weighted by molar-refractivity contribution is 0.0955. The molecular weight excluding hydrogens is 436 g/mol. The Bertz CT molecular complexity index is 1310. The number of carbonyl (C=O) groups is 1. The van der Waals surface area contributed by atoms with Crippen LogP contribution in [0.3, 0.4) is 0 Å². The first kappa shape index (κ1) is 22.7. The van der Waals surface area contributed by atoms with E-state index in [1.807, 2.05) is 36.4 Å². The third-order valence-corrected chi connectivity index (χ3v) is 5.67. The van der Waals surface area contributed by atoms with Gasteiger partial charge in [0, 0.05) is 11.6 Å². The van der Waals surface area contributed by atoms with Gasteiger partial charge in [0.25, 0.3) is 5.91 Å². The smallest absolute Gasteiger partial charge is 0.257 e. The summed E-state index contributed by atoms with van der Waals surface area (Å²) >= 11 is 6.08. The van der Waals surface area contributed by atoms with Crippen LogP contribution in [0.25, 0.3) is 22.2 Å². The van der Waals surface area contributed by atoms with Gasteiger partial charge >= 0.3 is 0 Å². The molecule has 4 rings (SSSR count). The fraction of sp³-hybridized carbons (Fsp3) is 0.280. The van der Waals surface area contributed by atoms with Crippen molar-refractivity contribution in [1.82, 2.24) is 20.0 Å². The average Bonchev–Trinajstić information content (AvgIpc) is 3.08. The molecule has 0 fully saturated rings. The van der Waals surface area contributed by atoms with Gasteiger partial charge in [-0.2, -0.15) is 9.78 Å². The van der Waals surface area contributed by atoms with Crippen LogP contribution in [-0.2, 0) is 0 Å². The van der Waals surface area contributed by atoms with Crippen molar-refractivity contribution >= 4 is 51.7 Å². The van der Waals surface area contributed by atoms with Crippen molar-refractivity contribution in [3.63, 3.8) is 0 Å². The Morgan fingerprint density at radius 2 is 1.85 bits per heavy atom. The highest BCUT2D eigenvalue weighted by molar-refractivity contribution is 6.30. The predicted molar refractivity (Wildman–Crippen MR) is 135 cm³/mol. The standard InChI is InChI=1S/C25H27ClN6O/c1-2-3-4-5-8-14-28-25(33)21-22-24(31-20-13-7-6-12-19(20)30-22)32(23(21)27)29-16-17-10-9-11-18(26)15-17/h6-7,9-13,15-16H,2-5,8,14,27H2,1H3,(H,28,33). The SMILES string of the molecule is CCCCCCCNC(=O)c1c(N)n(N=Cc2cccc(Cl)c2)c2nc3ccccc3nc12. The molecule has 2 aromatic carbocycles. The minimum absolute atomic E-state index is 0.196. The van der Waals surface area contributed by atoms with Crippen LogP contribution >= 0.6 is 11.6 Å². The van der Waals surface area contributed by atoms with Gasteiger partial charge in [0.2, 0.25) is 0 Å². The number of rotatable bonds is 9. The first-order chi connectivity index (χ1) is 16.1. The number of aromatic nitrogens is 3. The number of fused-ring (bicyclic) bond motifs is 2. The Balaban J connectivity index is 1.70. The third-order valence-electron chi connectivity index (χ3n) is 5.44. The van der Waals surface area contributed by atoms with Crippen molar-refractivity contribution in [3.05, 3.63) is 64.7 Å². The fourth-order valence-corrected chi connectivity index (χ4v) is 3.92. The summed E-state index contributed by atoms with van der Waals surface area (Å²) in [5.74, 6) is -0.0728. The molecule has 4 aromatic rings. The normalized spacial score (nSPS) is 11.6. The van der Waals surface area contributed by atoms with Crippen molar-refractivity contribution in [2.75, 3.05) is 12.3 Å². The summed E-state index contributed by atoms with van der Waals surface area (Å²) in [7, 11) is 0. The summed E-state index contributed by atoms with van der Waals surface area (Å²) in [4.78, 5) is 22.5. The summed E-state index contributed by atoms with van der Waals surface area (Å²) in [6, 6.07) is 14.8. The van der Waals surface area contributed by atoms with E-state index < -0.39 is 0 Å². The summed E-state index contributed by atoms with van der Waals surface area (Å²) in [5.41, 5.74) is 9.76. The molecule has 0 aliphatic carbocycles. The van der Waals surface area contributed by atoms with Crippen LogP contribution in [0.2, 0.25) is 5.02 Å². The first-order valence-electron chi connectivity index (χ1n) is 11.2. The van der Waals surface area contributed by atoms with E-state index in [2.05, 4.69) is 17.3 Å². The second-order valence-electron chi connectivity index (χ2n) is 7.93. The van der Waals surface area contributed by atoms with Crippen LogP contribution in [0.5, 0.6) is 0 Å². The second kappa shape index (κ2) is 10.4. The maximum atomic E-state index is 13.1. The van der Waals surface area contributed by atoms with Crippen LogP contribution in [0, 0.1) is 0 Å². The monoisotopic (exact) mass is 462 g/mol. The number of nitrogens with one attached hydrogen (secondary N) is 1. The molecule has 170 valence electrons. The molecule has 7 nitrogen and oxygen atoms in total. The summed E-state index contributed by atoms with van der Waals surface area (Å²) in [6.45, 7) is 2.77. The van der Waals surface area contributed by atoms with E-state index in [1.54, 1.807) is 18.3 Å². The number of unbranched alkanes of at least 4 members (excludes halogenated alkanes) is 4. The molecule has 0 spiro atoms. The molecule has 2 heterocycles. The number of halogens is 1. The molecule has 3 N–H and O–H groups in total. The van der Waals surface area contributed by atoms with Crippen LogP contribution in [0.15, 0.2) is 53.6 Å². The number of nitrogens with two attached hydrogens (primary N) is 1. The molecule has 0 unspecified atom stereocenters. The van der Waals surface area contributed by atoms with Gasteiger partial charge in [-0.25, -0.2) is 9.97 Å². The summed E-state index contributed by atoms with van der Waals surface area (Å²) in [5, 5.41) is 8.10. The van der Waals surface area contributed by atoms with Crippen LogP contribution < -0.4 is 11.1 Å². The zero-order chi connectivity index (χ0) is 23.2. The van der Waals surface area contributed by atoms with Crippen LogP contribution in [0.4, 0.5) is 5.82 Å². The van der Waals surface area contributed by atoms with Crippen molar-refractivity contribution < 1.29 is 4.79 Å². The Hall–Kier alpha value is -3.45. The number of carbonyl (C=O) groups excluding carboxylic acids is 1. The molecule has 8 heteroatoms. The molecule has 0 saturated carbocycles. The molecule has 2 aromatic heterocycles. The molecule has 0 saturated heterocycles. The molecule has 0 bridgehead atoms. The van der Waals surface area contributed by atoms with E-state index in [1.165, 1.54) is 23.9 Å². The lowest BCUT2D eigenvalue weighted by Gasteiger charge is -2.05. The highest BCUT2D eigenvalue weighted by Crippen LogP contribution is 2.28. The highest BCUT2D eigenvalue weighted by Gasteiger charge is 2.23. The maximum absolute atomic E-state index is 13.1. The lowest BCUT2D eigenvalue weighted by Crippen LogP contribution is -2.25. The Morgan fingerprint density at radius 3 is 2.61 bits per heavy atom. The fourth-order valence-electron chi connectivity index (χ4n) is 3.72. The van der Waals surface area contributed by atoms with Crippen molar-refractivity contribution in [2.24, 2.45) is 5.10 Å². The van der Waals surface area contributed by atoms with Crippen molar-refractivity contribution in [2.45, 2.75) is 39.0 Å². The average molecular weight is 463 g/mol. The number of nitrogens with zero attached hydrogens (tertiary/aromatic N) is 4. The van der Waals surface area contributed by atoms with Crippen LogP contribution in [-0.4, -0.2) is 33.3 Å². The van der Waals surface area contributed by atoms with Crippen molar-refractivity contribution in [3.8, 4) is 0 Å². The summed E-state index contributed by atoms with van der Waals surface area (Å²) in [6.07, 6.45) is 7.20. The minimum atomic E-state index is -0.269. The van der Waals surface area contributed by atoms with Gasteiger partial charge in [-0.3, -0.25) is 4.79 Å². The number of hydrogen-bond donors (Lipinski definition) is 2. The number of para-hydroxylation sites is 2. The Labute approximate surface area is 197 Å². The Morgan fingerprint density at radius 1 is 1.09 bits per heavy atom. The summed E-state index contributed by atoms with van der Waals surface area (Å²) < 4.78 is 1.46. The number of benzene rings is 2. The number of hydrogen-bond acceptors (Lipinski definition) is 5. The van der Waals surface area contributed by atoms with E-state index in [0.717, 1.165) is 18.4 Å². The zero-order valence-electron chi connectivity index (χ0n) is 18.6. The van der Waals surface area contributed by atoms with E-state index >= 15 is 0 Å².